The van der Waals surface area contributed by atoms with E-state index >= 15 is 0 Å². The van der Waals surface area contributed by atoms with Gasteiger partial charge in [0.2, 0.25) is 0 Å². The summed E-state index contributed by atoms with van der Waals surface area (Å²) in [4.78, 5) is 11.3. The molecule has 3 saturated carbocycles. The zero-order valence-electron chi connectivity index (χ0n) is 7.58. The second kappa shape index (κ2) is 3.08. The highest BCUT2D eigenvalue weighted by Gasteiger charge is 2.39. The van der Waals surface area contributed by atoms with Crippen LogP contribution in [0.3, 0.4) is 0 Å². The summed E-state index contributed by atoms with van der Waals surface area (Å²) in [6.45, 7) is 0. The third-order valence-electron chi connectivity index (χ3n) is 3.55. The maximum Gasteiger partial charge on any atom is 0.308 e. The predicted molar refractivity (Wildman–Crippen MR) is 45.6 cm³/mol. The molecule has 2 heteroatoms. The van der Waals surface area contributed by atoms with Gasteiger partial charge in [0.25, 0.3) is 0 Å². The van der Waals surface area contributed by atoms with E-state index in [1.165, 1.54) is 32.8 Å². The lowest BCUT2D eigenvalue weighted by Gasteiger charge is -2.40. The van der Waals surface area contributed by atoms with Gasteiger partial charge in [0, 0.05) is 0 Å². The van der Waals surface area contributed by atoms with Crippen LogP contribution in [-0.4, -0.2) is 13.1 Å². The van der Waals surface area contributed by atoms with Crippen LogP contribution in [0.15, 0.2) is 0 Å². The fourth-order valence-corrected chi connectivity index (χ4v) is 2.82. The molecule has 0 amide bonds. The lowest BCUT2D eigenvalue weighted by molar-refractivity contribution is -0.151. The van der Waals surface area contributed by atoms with Crippen LogP contribution < -0.4 is 0 Å². The molecule has 1 atom stereocenters. The Kier molecular flexibility index (Phi) is 2.07. The highest BCUT2D eigenvalue weighted by atomic mass is 16.5. The minimum absolute atomic E-state index is 0.0319. The van der Waals surface area contributed by atoms with Gasteiger partial charge in [0.1, 0.15) is 0 Å². The van der Waals surface area contributed by atoms with Gasteiger partial charge < -0.3 is 4.74 Å². The number of carbonyl (C=O) groups is 1. The van der Waals surface area contributed by atoms with Crippen LogP contribution in [0.5, 0.6) is 0 Å². The normalized spacial score (nSPS) is 39.6. The molecule has 12 heavy (non-hydrogen) atoms. The fourth-order valence-electron chi connectivity index (χ4n) is 2.82. The van der Waals surface area contributed by atoms with Crippen LogP contribution in [-0.2, 0) is 9.53 Å². The Morgan fingerprint density at radius 1 is 1.25 bits per heavy atom. The zero-order valence-corrected chi connectivity index (χ0v) is 7.58. The number of ether oxygens (including phenoxy) is 1. The van der Waals surface area contributed by atoms with Crippen molar-refractivity contribution in [3.05, 3.63) is 0 Å². The van der Waals surface area contributed by atoms with E-state index in [9.17, 15) is 4.79 Å². The lowest BCUT2D eigenvalue weighted by atomic mass is 9.65. The predicted octanol–water partition coefficient (Wildman–Crippen LogP) is 1.99. The molecular formula is C10H16O2. The van der Waals surface area contributed by atoms with Gasteiger partial charge in [0.05, 0.1) is 13.0 Å². The molecule has 3 rings (SSSR count). The molecule has 68 valence electrons. The van der Waals surface area contributed by atoms with Crippen molar-refractivity contribution in [1.82, 2.24) is 0 Å². The summed E-state index contributed by atoms with van der Waals surface area (Å²) < 4.78 is 4.80. The van der Waals surface area contributed by atoms with Crippen molar-refractivity contribution in [1.29, 1.82) is 0 Å². The molecule has 3 aliphatic carbocycles. The van der Waals surface area contributed by atoms with E-state index in [0.717, 1.165) is 12.3 Å². The molecule has 0 aliphatic heterocycles. The third-order valence-corrected chi connectivity index (χ3v) is 3.55. The number of methoxy groups -OCH3 is 1. The van der Waals surface area contributed by atoms with E-state index < -0.39 is 0 Å². The van der Waals surface area contributed by atoms with E-state index in [0.29, 0.717) is 5.92 Å². The molecule has 0 spiro atoms. The van der Waals surface area contributed by atoms with E-state index in [-0.39, 0.29) is 11.9 Å². The van der Waals surface area contributed by atoms with Crippen LogP contribution in [0.25, 0.3) is 0 Å². The largest absolute Gasteiger partial charge is 0.469 e. The standard InChI is InChI=1S/C10H16O2/c1-12-10(11)9-6-7-2-4-8(9)5-3-7/h7-9H,2-6H2,1H3/t7?,8?,9-/m0/s1. The average molecular weight is 168 g/mol. The minimum atomic E-state index is 0.0319. The van der Waals surface area contributed by atoms with Gasteiger partial charge in [-0.1, -0.05) is 12.8 Å². The highest BCUT2D eigenvalue weighted by Crippen LogP contribution is 2.45. The van der Waals surface area contributed by atoms with Crippen molar-refractivity contribution in [2.24, 2.45) is 17.8 Å². The number of carbonyl (C=O) groups excluding carboxylic acids is 1. The number of hydrogen-bond donors (Lipinski definition) is 0. The number of hydrogen-bond acceptors (Lipinski definition) is 2. The van der Waals surface area contributed by atoms with Crippen LogP contribution >= 0.6 is 0 Å². The SMILES string of the molecule is COC(=O)[C@H]1CC2CCC1CC2. The van der Waals surface area contributed by atoms with Crippen molar-refractivity contribution < 1.29 is 9.53 Å². The average Bonchev–Trinajstić information content (AvgIpc) is 2.18. The molecule has 3 fully saturated rings. The first kappa shape index (κ1) is 8.09. The van der Waals surface area contributed by atoms with Gasteiger partial charge in [-0.15, -0.1) is 0 Å². The molecule has 0 aromatic carbocycles. The van der Waals surface area contributed by atoms with E-state index in [2.05, 4.69) is 0 Å². The minimum Gasteiger partial charge on any atom is -0.469 e. The lowest BCUT2D eigenvalue weighted by Crippen LogP contribution is -2.36. The Balaban J connectivity index is 2.03. The van der Waals surface area contributed by atoms with Gasteiger partial charge >= 0.3 is 5.97 Å². The zero-order chi connectivity index (χ0) is 8.55. The van der Waals surface area contributed by atoms with Gasteiger partial charge in [-0.2, -0.15) is 0 Å². The first-order valence-corrected chi connectivity index (χ1v) is 4.89. The smallest absolute Gasteiger partial charge is 0.308 e. The van der Waals surface area contributed by atoms with Crippen molar-refractivity contribution in [3.8, 4) is 0 Å². The summed E-state index contributed by atoms with van der Waals surface area (Å²) in [5.41, 5.74) is 0. The molecule has 3 aliphatic rings. The maximum atomic E-state index is 11.3. The first-order chi connectivity index (χ1) is 5.81. The van der Waals surface area contributed by atoms with Crippen molar-refractivity contribution >= 4 is 5.97 Å². The number of fused-ring (bicyclic) bond motifs is 3. The molecule has 0 N–H and O–H groups in total. The third kappa shape index (κ3) is 1.23. The van der Waals surface area contributed by atoms with E-state index in [1.807, 2.05) is 0 Å². The Morgan fingerprint density at radius 2 is 1.92 bits per heavy atom. The molecule has 0 aromatic rings. The second-order valence-corrected chi connectivity index (χ2v) is 4.15. The molecule has 2 nitrogen and oxygen atoms in total. The highest BCUT2D eigenvalue weighted by molar-refractivity contribution is 5.72. The first-order valence-electron chi connectivity index (χ1n) is 4.89. The van der Waals surface area contributed by atoms with Crippen LogP contribution in [0.4, 0.5) is 0 Å². The monoisotopic (exact) mass is 168 g/mol. The van der Waals surface area contributed by atoms with Crippen molar-refractivity contribution in [2.75, 3.05) is 7.11 Å². The molecular weight excluding hydrogens is 152 g/mol. The van der Waals surface area contributed by atoms with Crippen LogP contribution in [0, 0.1) is 17.8 Å². The number of rotatable bonds is 1. The maximum absolute atomic E-state index is 11.3. The Hall–Kier alpha value is -0.530. The van der Waals surface area contributed by atoms with Crippen molar-refractivity contribution in [2.45, 2.75) is 32.1 Å². The summed E-state index contributed by atoms with van der Waals surface area (Å²) in [6, 6.07) is 0. The van der Waals surface area contributed by atoms with E-state index in [4.69, 9.17) is 4.74 Å². The summed E-state index contributed by atoms with van der Waals surface area (Å²) >= 11 is 0. The van der Waals surface area contributed by atoms with Gasteiger partial charge in [-0.05, 0) is 31.1 Å². The van der Waals surface area contributed by atoms with Crippen molar-refractivity contribution in [3.63, 3.8) is 0 Å². The summed E-state index contributed by atoms with van der Waals surface area (Å²) in [5, 5.41) is 0. The molecule has 0 heterocycles. The quantitative estimate of drug-likeness (QED) is 0.560. The number of esters is 1. The fraction of sp³-hybridized carbons (Fsp3) is 0.900. The molecule has 0 saturated heterocycles. The topological polar surface area (TPSA) is 26.3 Å². The Morgan fingerprint density at radius 3 is 2.33 bits per heavy atom. The Labute approximate surface area is 73.3 Å². The van der Waals surface area contributed by atoms with Crippen LogP contribution in [0.2, 0.25) is 0 Å². The summed E-state index contributed by atoms with van der Waals surface area (Å²) in [5.74, 6) is 1.73. The molecule has 2 bridgehead atoms. The van der Waals surface area contributed by atoms with Gasteiger partial charge in [0.15, 0.2) is 0 Å². The van der Waals surface area contributed by atoms with E-state index in [1.54, 1.807) is 0 Å². The van der Waals surface area contributed by atoms with Crippen LogP contribution in [0.1, 0.15) is 32.1 Å². The molecule has 0 aromatic heterocycles. The van der Waals surface area contributed by atoms with Gasteiger partial charge in [-0.25, -0.2) is 0 Å². The summed E-state index contributed by atoms with van der Waals surface area (Å²) in [7, 11) is 1.50. The van der Waals surface area contributed by atoms with Gasteiger partial charge in [-0.3, -0.25) is 4.79 Å². The molecule has 0 radical (unpaired) electrons. The second-order valence-electron chi connectivity index (χ2n) is 4.15. The summed E-state index contributed by atoms with van der Waals surface area (Å²) in [6.07, 6.45) is 6.29. The molecule has 0 unspecified atom stereocenters. The Bertz CT molecular complexity index is 180.